The first-order valence-electron chi connectivity index (χ1n) is 3.36. The Morgan fingerprint density at radius 1 is 1.58 bits per heavy atom. The summed E-state index contributed by atoms with van der Waals surface area (Å²) in [6, 6.07) is -0.940. The molecule has 0 saturated heterocycles. The second kappa shape index (κ2) is 5.36. The smallest absolute Gasteiger partial charge is 0.320 e. The Labute approximate surface area is 69.0 Å². The molecule has 0 saturated carbocycles. The van der Waals surface area contributed by atoms with Crippen LogP contribution in [0.2, 0.25) is 0 Å². The van der Waals surface area contributed by atoms with Gasteiger partial charge in [0.25, 0.3) is 0 Å². The fourth-order valence-electron chi connectivity index (χ4n) is 0.598. The minimum absolute atomic E-state index is 0.204. The Morgan fingerprint density at radius 3 is 2.58 bits per heavy atom. The van der Waals surface area contributed by atoms with Crippen molar-refractivity contribution in [2.24, 2.45) is 16.6 Å². The van der Waals surface area contributed by atoms with Crippen LogP contribution in [-0.4, -0.2) is 23.3 Å². The summed E-state index contributed by atoms with van der Waals surface area (Å²) in [5.41, 5.74) is 18.4. The molecule has 0 rings (SSSR count). The van der Waals surface area contributed by atoms with Crippen molar-refractivity contribution in [2.45, 2.75) is 25.0 Å². The number of nitrogens with two attached hydrogens (primary N) is 2. The van der Waals surface area contributed by atoms with Crippen molar-refractivity contribution in [1.82, 2.24) is 0 Å². The molecule has 5 N–H and O–H groups in total. The molecule has 0 aromatic rings. The lowest BCUT2D eigenvalue weighted by Crippen LogP contribution is -2.32. The predicted molar refractivity (Wildman–Crippen MR) is 42.0 cm³/mol. The highest BCUT2D eigenvalue weighted by Gasteiger charge is 2.12. The normalized spacial score (nSPS) is 14.5. The third-order valence-electron chi connectivity index (χ3n) is 1.29. The summed E-state index contributed by atoms with van der Waals surface area (Å²) < 4.78 is 0. The average molecular weight is 173 g/mol. The van der Waals surface area contributed by atoms with E-state index in [2.05, 4.69) is 10.0 Å². The van der Waals surface area contributed by atoms with Gasteiger partial charge in [0.2, 0.25) is 0 Å². The summed E-state index contributed by atoms with van der Waals surface area (Å²) in [5.74, 6) is -1.08. The van der Waals surface area contributed by atoms with Crippen LogP contribution in [0.4, 0.5) is 0 Å². The highest BCUT2D eigenvalue weighted by Crippen LogP contribution is 1.99. The second-order valence-electron chi connectivity index (χ2n) is 2.29. The minimum Gasteiger partial charge on any atom is -0.480 e. The van der Waals surface area contributed by atoms with Crippen molar-refractivity contribution in [1.29, 1.82) is 0 Å². The molecule has 7 heteroatoms. The molecule has 68 valence electrons. The highest BCUT2D eigenvalue weighted by molar-refractivity contribution is 5.72. The molecular weight excluding hydrogens is 162 g/mol. The molecule has 1 unspecified atom stereocenters. The molecule has 0 fully saturated rings. The summed E-state index contributed by atoms with van der Waals surface area (Å²) >= 11 is 0. The zero-order valence-electron chi connectivity index (χ0n) is 6.42. The topological polar surface area (TPSA) is 138 Å². The Hall–Kier alpha value is -1.30. The maximum atomic E-state index is 10.2. The van der Waals surface area contributed by atoms with Gasteiger partial charge < -0.3 is 16.6 Å². The minimum atomic E-state index is -1.08. The van der Waals surface area contributed by atoms with Crippen LogP contribution in [0.5, 0.6) is 0 Å². The Balaban J connectivity index is 3.67. The third-order valence-corrected chi connectivity index (χ3v) is 1.29. The lowest BCUT2D eigenvalue weighted by Gasteiger charge is -2.07. The third kappa shape index (κ3) is 4.51. The number of hydrogen-bond donors (Lipinski definition) is 3. The van der Waals surface area contributed by atoms with Gasteiger partial charge in [-0.05, 0) is 18.4 Å². The van der Waals surface area contributed by atoms with E-state index in [-0.39, 0.29) is 12.8 Å². The molecule has 0 radical (unpaired) electrons. The van der Waals surface area contributed by atoms with Gasteiger partial charge in [-0.15, -0.1) is 0 Å². The second-order valence-corrected chi connectivity index (χ2v) is 2.29. The number of carboxylic acids is 1. The zero-order valence-corrected chi connectivity index (χ0v) is 6.42. The van der Waals surface area contributed by atoms with E-state index in [4.69, 9.17) is 22.1 Å². The maximum Gasteiger partial charge on any atom is 0.320 e. The predicted octanol–water partition coefficient (Wildman–Crippen LogP) is -0.226. The molecule has 0 amide bonds. The first-order chi connectivity index (χ1) is 5.57. The Kier molecular flexibility index (Phi) is 4.78. The highest BCUT2D eigenvalue weighted by atomic mass is 16.4. The van der Waals surface area contributed by atoms with Crippen LogP contribution < -0.4 is 11.5 Å². The monoisotopic (exact) mass is 173 g/mol. The van der Waals surface area contributed by atoms with Gasteiger partial charge in [-0.1, -0.05) is 5.11 Å². The van der Waals surface area contributed by atoms with Crippen molar-refractivity contribution in [2.75, 3.05) is 0 Å². The van der Waals surface area contributed by atoms with Gasteiger partial charge in [-0.3, -0.25) is 4.79 Å². The van der Waals surface area contributed by atoms with Crippen LogP contribution in [0.3, 0.4) is 0 Å². The molecule has 2 atom stereocenters. The van der Waals surface area contributed by atoms with E-state index < -0.39 is 18.2 Å². The van der Waals surface area contributed by atoms with E-state index in [0.717, 1.165) is 0 Å². The molecule has 0 spiro atoms. The quantitative estimate of drug-likeness (QED) is 0.300. The molecule has 7 nitrogen and oxygen atoms in total. The number of rotatable bonds is 5. The zero-order chi connectivity index (χ0) is 9.56. The SMILES string of the molecule is [N-]=[N+]=NC(N)CC[C@H](N)C(=O)O. The number of azide groups is 1. The van der Waals surface area contributed by atoms with E-state index in [1.807, 2.05) is 0 Å². The van der Waals surface area contributed by atoms with Crippen LogP contribution >= 0.6 is 0 Å². The molecule has 12 heavy (non-hydrogen) atoms. The van der Waals surface area contributed by atoms with Gasteiger partial charge in [-0.2, -0.15) is 0 Å². The Bertz CT molecular complexity index is 192. The largest absolute Gasteiger partial charge is 0.480 e. The van der Waals surface area contributed by atoms with Crippen LogP contribution in [0.15, 0.2) is 5.11 Å². The molecule has 0 bridgehead atoms. The molecule has 0 aromatic heterocycles. The van der Waals surface area contributed by atoms with Crippen molar-refractivity contribution in [3.63, 3.8) is 0 Å². The molecule has 0 heterocycles. The molecule has 0 aliphatic heterocycles. The van der Waals surface area contributed by atoms with Crippen molar-refractivity contribution in [3.8, 4) is 0 Å². The van der Waals surface area contributed by atoms with Gasteiger partial charge in [0.15, 0.2) is 0 Å². The molecule has 0 aliphatic rings. The fraction of sp³-hybridized carbons (Fsp3) is 0.800. The van der Waals surface area contributed by atoms with E-state index in [9.17, 15) is 4.79 Å². The van der Waals surface area contributed by atoms with Crippen LogP contribution in [0.25, 0.3) is 10.4 Å². The first-order valence-corrected chi connectivity index (χ1v) is 3.36. The van der Waals surface area contributed by atoms with E-state index in [0.29, 0.717) is 0 Å². The Morgan fingerprint density at radius 2 is 2.17 bits per heavy atom. The van der Waals surface area contributed by atoms with Gasteiger partial charge >= 0.3 is 5.97 Å². The van der Waals surface area contributed by atoms with Gasteiger partial charge in [0.1, 0.15) is 6.04 Å². The van der Waals surface area contributed by atoms with Crippen molar-refractivity contribution < 1.29 is 9.90 Å². The first kappa shape index (κ1) is 10.7. The number of hydrogen-bond acceptors (Lipinski definition) is 4. The van der Waals surface area contributed by atoms with E-state index >= 15 is 0 Å². The molecular formula is C5H11N5O2. The van der Waals surface area contributed by atoms with Crippen LogP contribution in [-0.2, 0) is 4.79 Å². The maximum absolute atomic E-state index is 10.2. The lowest BCUT2D eigenvalue weighted by atomic mass is 10.1. The molecule has 0 aromatic carbocycles. The van der Waals surface area contributed by atoms with Crippen LogP contribution in [0.1, 0.15) is 12.8 Å². The van der Waals surface area contributed by atoms with E-state index in [1.54, 1.807) is 0 Å². The summed E-state index contributed by atoms with van der Waals surface area (Å²) in [4.78, 5) is 12.7. The number of aliphatic carboxylic acids is 1. The summed E-state index contributed by atoms with van der Waals surface area (Å²) in [7, 11) is 0. The summed E-state index contributed by atoms with van der Waals surface area (Å²) in [5, 5.41) is 11.5. The number of carboxylic acid groups (broad SMARTS) is 1. The van der Waals surface area contributed by atoms with Gasteiger partial charge in [-0.25, -0.2) is 0 Å². The van der Waals surface area contributed by atoms with Gasteiger partial charge in [0.05, 0.1) is 6.17 Å². The number of carbonyl (C=O) groups is 1. The summed E-state index contributed by atoms with van der Waals surface area (Å²) in [6.07, 6.45) is -0.215. The van der Waals surface area contributed by atoms with Crippen molar-refractivity contribution >= 4 is 5.97 Å². The lowest BCUT2D eigenvalue weighted by molar-refractivity contribution is -0.138. The van der Waals surface area contributed by atoms with Gasteiger partial charge in [0, 0.05) is 4.91 Å². The summed E-state index contributed by atoms with van der Waals surface area (Å²) in [6.45, 7) is 0. The average Bonchev–Trinajstić information content (AvgIpc) is 2.00. The molecule has 0 aliphatic carbocycles. The fourth-order valence-corrected chi connectivity index (χ4v) is 0.598. The van der Waals surface area contributed by atoms with Crippen molar-refractivity contribution in [3.05, 3.63) is 10.4 Å². The van der Waals surface area contributed by atoms with Crippen LogP contribution in [0, 0.1) is 0 Å². The number of nitrogens with zero attached hydrogens (tertiary/aromatic N) is 3. The van der Waals surface area contributed by atoms with E-state index in [1.165, 1.54) is 0 Å². The standard InChI is InChI=1S/C5H11N5O2/c6-3(5(11)12)1-2-4(7)9-10-8/h3-4H,1-2,6-7H2,(H,11,12)/t3-,4?/m0/s1.